The van der Waals surface area contributed by atoms with E-state index in [0.717, 1.165) is 0 Å². The summed E-state index contributed by atoms with van der Waals surface area (Å²) >= 11 is 1.90. The molecule has 1 unspecified atom stereocenters. The average Bonchev–Trinajstić information content (AvgIpc) is 2.95. The van der Waals surface area contributed by atoms with Crippen LogP contribution in [0.5, 0.6) is 0 Å². The lowest BCUT2D eigenvalue weighted by Gasteiger charge is -2.21. The van der Waals surface area contributed by atoms with E-state index in [1.54, 1.807) is 0 Å². The van der Waals surface area contributed by atoms with Crippen LogP contribution < -0.4 is 5.32 Å². The average molecular weight is 321 g/mol. The number of rotatable bonds is 1. The van der Waals surface area contributed by atoms with Crippen LogP contribution in [0.15, 0.2) is 60.3 Å². The molecule has 2 heteroatoms. The smallest absolute Gasteiger partial charge is 0.0714 e. The standard InChI is InChI=1S/C19H17NS.C2H6/c1-12-9-10-20-16(11-12)18-13(2)7-8-15-14-5-3-4-6-17(14)21-19(15)18;1-2/h3-11,16,20H,1-2H3;1-2H3. The third kappa shape index (κ3) is 2.79. The van der Waals surface area contributed by atoms with Crippen LogP contribution in [0, 0.1) is 6.92 Å². The van der Waals surface area contributed by atoms with Crippen molar-refractivity contribution in [2.45, 2.75) is 33.7 Å². The third-order valence-electron chi connectivity index (χ3n) is 4.17. The molecule has 1 nitrogen and oxygen atoms in total. The number of hydrogen-bond acceptors (Lipinski definition) is 2. The molecule has 1 aromatic heterocycles. The highest BCUT2D eigenvalue weighted by molar-refractivity contribution is 7.26. The molecule has 0 saturated heterocycles. The van der Waals surface area contributed by atoms with Crippen LogP contribution in [0.25, 0.3) is 20.2 Å². The van der Waals surface area contributed by atoms with E-state index in [1.807, 2.05) is 25.2 Å². The Hall–Kier alpha value is -2.06. The monoisotopic (exact) mass is 321 g/mol. The van der Waals surface area contributed by atoms with Crippen LogP contribution in [0.4, 0.5) is 0 Å². The Bertz CT molecular complexity index is 899. The molecule has 0 radical (unpaired) electrons. The summed E-state index contributed by atoms with van der Waals surface area (Å²) in [7, 11) is 0. The predicted octanol–water partition coefficient (Wildman–Crippen LogP) is 6.49. The van der Waals surface area contributed by atoms with Gasteiger partial charge >= 0.3 is 0 Å². The quantitative estimate of drug-likeness (QED) is 0.540. The van der Waals surface area contributed by atoms with E-state index in [9.17, 15) is 0 Å². The first-order valence-electron chi connectivity index (χ1n) is 8.26. The molecule has 1 aliphatic rings. The number of benzene rings is 2. The Morgan fingerprint density at radius 1 is 0.957 bits per heavy atom. The molecule has 0 spiro atoms. The fraction of sp³-hybridized carbons (Fsp3) is 0.238. The van der Waals surface area contributed by atoms with E-state index >= 15 is 0 Å². The number of aryl methyl sites for hydroxylation is 1. The van der Waals surface area contributed by atoms with Crippen molar-refractivity contribution in [2.75, 3.05) is 0 Å². The van der Waals surface area contributed by atoms with Crippen LogP contribution in [0.2, 0.25) is 0 Å². The summed E-state index contributed by atoms with van der Waals surface area (Å²) < 4.78 is 2.78. The van der Waals surface area contributed by atoms with Crippen LogP contribution in [-0.4, -0.2) is 0 Å². The van der Waals surface area contributed by atoms with Gasteiger partial charge in [-0.25, -0.2) is 0 Å². The minimum absolute atomic E-state index is 0.270. The molecular weight excluding hydrogens is 298 g/mol. The van der Waals surface area contributed by atoms with Crippen LogP contribution in [-0.2, 0) is 0 Å². The van der Waals surface area contributed by atoms with Gasteiger partial charge in [-0.3, -0.25) is 0 Å². The van der Waals surface area contributed by atoms with Gasteiger partial charge in [-0.2, -0.15) is 0 Å². The second-order valence-corrected chi connectivity index (χ2v) is 6.71. The van der Waals surface area contributed by atoms with Crippen molar-refractivity contribution in [3.05, 3.63) is 71.5 Å². The highest BCUT2D eigenvalue weighted by Gasteiger charge is 2.18. The van der Waals surface area contributed by atoms with Crippen molar-refractivity contribution in [3.63, 3.8) is 0 Å². The molecule has 3 aromatic rings. The largest absolute Gasteiger partial charge is 0.381 e. The van der Waals surface area contributed by atoms with E-state index in [2.05, 4.69) is 73.9 Å². The first kappa shape index (κ1) is 15.8. The second kappa shape index (κ2) is 6.59. The van der Waals surface area contributed by atoms with E-state index in [1.165, 1.54) is 36.9 Å². The molecule has 2 heterocycles. The van der Waals surface area contributed by atoms with Gasteiger partial charge in [0.25, 0.3) is 0 Å². The Balaban J connectivity index is 0.000000753. The zero-order chi connectivity index (χ0) is 16.4. The molecule has 0 aliphatic carbocycles. The number of dihydropyridines is 1. The second-order valence-electron chi connectivity index (χ2n) is 5.66. The third-order valence-corrected chi connectivity index (χ3v) is 5.39. The molecule has 0 bridgehead atoms. The van der Waals surface area contributed by atoms with Crippen LogP contribution in [0.1, 0.15) is 37.9 Å². The van der Waals surface area contributed by atoms with Gasteiger partial charge in [0, 0.05) is 20.2 Å². The summed E-state index contributed by atoms with van der Waals surface area (Å²) in [5.41, 5.74) is 4.08. The van der Waals surface area contributed by atoms with Gasteiger partial charge in [0.2, 0.25) is 0 Å². The zero-order valence-corrected chi connectivity index (χ0v) is 15.0. The molecule has 0 amide bonds. The van der Waals surface area contributed by atoms with E-state index in [0.29, 0.717) is 0 Å². The van der Waals surface area contributed by atoms with Crippen molar-refractivity contribution in [3.8, 4) is 0 Å². The summed E-state index contributed by atoms with van der Waals surface area (Å²) in [4.78, 5) is 0. The molecular formula is C21H23NS. The Morgan fingerprint density at radius 2 is 1.74 bits per heavy atom. The Labute approximate surface area is 142 Å². The maximum atomic E-state index is 3.49. The van der Waals surface area contributed by atoms with Crippen LogP contribution >= 0.6 is 11.3 Å². The first-order valence-corrected chi connectivity index (χ1v) is 9.07. The van der Waals surface area contributed by atoms with E-state index in [-0.39, 0.29) is 6.04 Å². The SMILES string of the molecule is CC.CC1=CC(c2c(C)ccc3c2sc2ccccc23)NC=C1. The number of allylic oxidation sites excluding steroid dienone is 2. The lowest BCUT2D eigenvalue weighted by atomic mass is 9.96. The fourth-order valence-electron chi connectivity index (χ4n) is 3.11. The minimum atomic E-state index is 0.270. The molecule has 1 atom stereocenters. The summed E-state index contributed by atoms with van der Waals surface area (Å²) in [6.45, 7) is 8.37. The molecule has 0 fully saturated rings. The minimum Gasteiger partial charge on any atom is -0.381 e. The van der Waals surface area contributed by atoms with Crippen molar-refractivity contribution >= 4 is 31.5 Å². The molecule has 2 aromatic carbocycles. The summed E-state index contributed by atoms with van der Waals surface area (Å²) in [6.07, 6.45) is 6.49. The number of fused-ring (bicyclic) bond motifs is 3. The Morgan fingerprint density at radius 3 is 2.52 bits per heavy atom. The zero-order valence-electron chi connectivity index (χ0n) is 14.2. The van der Waals surface area contributed by atoms with Crippen molar-refractivity contribution < 1.29 is 0 Å². The van der Waals surface area contributed by atoms with Gasteiger partial charge in [0.15, 0.2) is 0 Å². The lowest BCUT2D eigenvalue weighted by molar-refractivity contribution is 0.741. The highest BCUT2D eigenvalue weighted by Crippen LogP contribution is 2.40. The van der Waals surface area contributed by atoms with Gasteiger partial charge in [-0.1, -0.05) is 55.8 Å². The molecule has 23 heavy (non-hydrogen) atoms. The topological polar surface area (TPSA) is 12.0 Å². The maximum absolute atomic E-state index is 3.49. The number of thiophene rings is 1. The maximum Gasteiger partial charge on any atom is 0.0714 e. The van der Waals surface area contributed by atoms with Crippen molar-refractivity contribution in [2.24, 2.45) is 0 Å². The summed E-state index contributed by atoms with van der Waals surface area (Å²) in [5, 5.41) is 6.23. The summed E-state index contributed by atoms with van der Waals surface area (Å²) in [5.74, 6) is 0. The van der Waals surface area contributed by atoms with Gasteiger partial charge in [0.1, 0.15) is 0 Å². The molecule has 4 rings (SSSR count). The van der Waals surface area contributed by atoms with E-state index < -0.39 is 0 Å². The number of nitrogens with one attached hydrogen (secondary N) is 1. The van der Waals surface area contributed by atoms with E-state index in [4.69, 9.17) is 0 Å². The summed E-state index contributed by atoms with van der Waals surface area (Å²) in [6, 6.07) is 13.5. The molecule has 0 saturated carbocycles. The molecule has 1 N–H and O–H groups in total. The molecule has 118 valence electrons. The predicted molar refractivity (Wildman–Crippen MR) is 104 cm³/mol. The highest BCUT2D eigenvalue weighted by atomic mass is 32.1. The Kier molecular flexibility index (Phi) is 4.53. The van der Waals surface area contributed by atoms with Crippen molar-refractivity contribution in [1.29, 1.82) is 0 Å². The number of hydrogen-bond donors (Lipinski definition) is 1. The lowest BCUT2D eigenvalue weighted by Crippen LogP contribution is -2.17. The van der Waals surface area contributed by atoms with Gasteiger partial charge in [-0.05, 0) is 43.3 Å². The van der Waals surface area contributed by atoms with Gasteiger partial charge < -0.3 is 5.32 Å². The van der Waals surface area contributed by atoms with Crippen LogP contribution in [0.3, 0.4) is 0 Å². The first-order chi connectivity index (χ1) is 11.2. The van der Waals surface area contributed by atoms with Gasteiger partial charge in [0.05, 0.1) is 6.04 Å². The van der Waals surface area contributed by atoms with Crippen molar-refractivity contribution in [1.82, 2.24) is 5.32 Å². The molecule has 1 aliphatic heterocycles. The normalized spacial score (nSPS) is 16.7. The van der Waals surface area contributed by atoms with Gasteiger partial charge in [-0.15, -0.1) is 11.3 Å². The fourth-order valence-corrected chi connectivity index (χ4v) is 4.45.